The van der Waals surface area contributed by atoms with Crippen LogP contribution in [0.4, 0.5) is 0 Å². The number of esters is 1. The van der Waals surface area contributed by atoms with Gasteiger partial charge in [-0.05, 0) is 99.4 Å². The van der Waals surface area contributed by atoms with Gasteiger partial charge in [-0.3, -0.25) is 0 Å². The van der Waals surface area contributed by atoms with Crippen molar-refractivity contribution in [3.8, 4) is 35.2 Å². The summed E-state index contributed by atoms with van der Waals surface area (Å²) < 4.78 is 16.6. The Kier molecular flexibility index (Phi) is 14.1. The Morgan fingerprint density at radius 2 is 1.14 bits per heavy atom. The Morgan fingerprint density at radius 1 is 0.694 bits per heavy atom. The first-order valence-electron chi connectivity index (χ1n) is 12.9. The molecule has 190 valence electrons. The van der Waals surface area contributed by atoms with E-state index in [-0.39, 0.29) is 5.97 Å². The zero-order chi connectivity index (χ0) is 25.8. The third kappa shape index (κ3) is 12.7. The summed E-state index contributed by atoms with van der Waals surface area (Å²) in [5.74, 6) is 13.3. The highest BCUT2D eigenvalue weighted by Crippen LogP contribution is 2.14. The third-order valence-corrected chi connectivity index (χ3v) is 5.34. The molecule has 4 heteroatoms. The minimum atomic E-state index is -0.317. The van der Waals surface area contributed by atoms with Gasteiger partial charge < -0.3 is 14.2 Å². The summed E-state index contributed by atoms with van der Waals surface area (Å²) in [7, 11) is 0. The molecular formula is C32H38O4. The SMILES string of the molecule is C=C(C)C(=O)OCCCCCCOc1ccc(C#CC#Cc2ccc(OCCCCCC)cc2)cc1. The number of carbonyl (C=O) groups is 1. The number of carbonyl (C=O) groups excluding carboxylic acids is 1. The summed E-state index contributed by atoms with van der Waals surface area (Å²) in [4.78, 5) is 11.3. The topological polar surface area (TPSA) is 44.8 Å². The molecule has 0 radical (unpaired) electrons. The Morgan fingerprint density at radius 3 is 1.58 bits per heavy atom. The molecule has 0 atom stereocenters. The molecule has 0 amide bonds. The fourth-order valence-corrected chi connectivity index (χ4v) is 3.23. The van der Waals surface area contributed by atoms with Crippen molar-refractivity contribution >= 4 is 5.97 Å². The molecule has 0 aliphatic carbocycles. The van der Waals surface area contributed by atoms with Gasteiger partial charge in [-0.1, -0.05) is 44.6 Å². The molecule has 4 nitrogen and oxygen atoms in total. The first-order valence-corrected chi connectivity index (χ1v) is 12.9. The van der Waals surface area contributed by atoms with Gasteiger partial charge in [0, 0.05) is 16.7 Å². The predicted molar refractivity (Wildman–Crippen MR) is 146 cm³/mol. The van der Waals surface area contributed by atoms with Crippen molar-refractivity contribution in [2.24, 2.45) is 0 Å². The quantitative estimate of drug-likeness (QED) is 0.116. The van der Waals surface area contributed by atoms with Gasteiger partial charge >= 0.3 is 5.97 Å². The van der Waals surface area contributed by atoms with E-state index in [0.29, 0.717) is 18.8 Å². The number of hydrogen-bond acceptors (Lipinski definition) is 4. The van der Waals surface area contributed by atoms with E-state index in [0.717, 1.165) is 61.3 Å². The Bertz CT molecular complexity index is 1040. The number of rotatable bonds is 15. The van der Waals surface area contributed by atoms with E-state index in [4.69, 9.17) is 14.2 Å². The zero-order valence-corrected chi connectivity index (χ0v) is 21.7. The highest BCUT2D eigenvalue weighted by molar-refractivity contribution is 5.86. The first kappa shape index (κ1) is 28.6. The van der Waals surface area contributed by atoms with Crippen molar-refractivity contribution in [3.05, 3.63) is 71.8 Å². The molecule has 2 rings (SSSR count). The second-order valence-electron chi connectivity index (χ2n) is 8.64. The van der Waals surface area contributed by atoms with E-state index < -0.39 is 0 Å². The van der Waals surface area contributed by atoms with Crippen molar-refractivity contribution in [3.63, 3.8) is 0 Å². The van der Waals surface area contributed by atoms with E-state index in [1.807, 2.05) is 48.5 Å². The van der Waals surface area contributed by atoms with Crippen LogP contribution in [-0.2, 0) is 9.53 Å². The van der Waals surface area contributed by atoms with Gasteiger partial charge in [0.25, 0.3) is 0 Å². The fourth-order valence-electron chi connectivity index (χ4n) is 3.23. The van der Waals surface area contributed by atoms with Gasteiger partial charge in [0.05, 0.1) is 19.8 Å². The average Bonchev–Trinajstić information content (AvgIpc) is 2.89. The normalized spacial score (nSPS) is 9.83. The molecule has 0 saturated carbocycles. The largest absolute Gasteiger partial charge is 0.494 e. The zero-order valence-electron chi connectivity index (χ0n) is 21.7. The first-order chi connectivity index (χ1) is 17.6. The molecule has 2 aromatic rings. The minimum absolute atomic E-state index is 0.317. The molecule has 0 N–H and O–H groups in total. The Balaban J connectivity index is 1.63. The number of ether oxygens (including phenoxy) is 3. The van der Waals surface area contributed by atoms with Crippen LogP contribution in [0.1, 0.15) is 76.3 Å². The lowest BCUT2D eigenvalue weighted by Crippen LogP contribution is -2.06. The molecule has 0 aliphatic heterocycles. The lowest BCUT2D eigenvalue weighted by Gasteiger charge is -2.06. The van der Waals surface area contributed by atoms with Crippen LogP contribution in [0.5, 0.6) is 11.5 Å². The van der Waals surface area contributed by atoms with E-state index >= 15 is 0 Å². The second kappa shape index (κ2) is 17.8. The van der Waals surface area contributed by atoms with Crippen LogP contribution in [-0.4, -0.2) is 25.8 Å². The molecular weight excluding hydrogens is 448 g/mol. The van der Waals surface area contributed by atoms with Gasteiger partial charge in [0.1, 0.15) is 11.5 Å². The maximum atomic E-state index is 11.3. The van der Waals surface area contributed by atoms with Gasteiger partial charge in [0.15, 0.2) is 0 Å². The lowest BCUT2D eigenvalue weighted by atomic mass is 10.2. The third-order valence-electron chi connectivity index (χ3n) is 5.34. The van der Waals surface area contributed by atoms with Crippen LogP contribution in [0.15, 0.2) is 60.7 Å². The summed E-state index contributed by atoms with van der Waals surface area (Å²) in [5.41, 5.74) is 2.25. The van der Waals surface area contributed by atoms with E-state index in [9.17, 15) is 4.79 Å². The van der Waals surface area contributed by atoms with Crippen LogP contribution in [0.3, 0.4) is 0 Å². The second-order valence-corrected chi connectivity index (χ2v) is 8.64. The molecule has 2 aromatic carbocycles. The average molecular weight is 487 g/mol. The lowest BCUT2D eigenvalue weighted by molar-refractivity contribution is -0.139. The van der Waals surface area contributed by atoms with Crippen LogP contribution >= 0.6 is 0 Å². The number of hydrogen-bond donors (Lipinski definition) is 0. The summed E-state index contributed by atoms with van der Waals surface area (Å²) in [6.07, 6.45) is 8.64. The van der Waals surface area contributed by atoms with Crippen molar-refractivity contribution in [1.82, 2.24) is 0 Å². The Hall–Kier alpha value is -3.63. The summed E-state index contributed by atoms with van der Waals surface area (Å²) in [5, 5.41) is 0. The Labute approximate surface area is 217 Å². The summed E-state index contributed by atoms with van der Waals surface area (Å²) >= 11 is 0. The number of benzene rings is 2. The molecule has 0 bridgehead atoms. The highest BCUT2D eigenvalue weighted by Gasteiger charge is 2.02. The molecule has 0 unspecified atom stereocenters. The van der Waals surface area contributed by atoms with Crippen molar-refractivity contribution in [2.75, 3.05) is 19.8 Å². The molecule has 0 saturated heterocycles. The van der Waals surface area contributed by atoms with Crippen molar-refractivity contribution in [1.29, 1.82) is 0 Å². The van der Waals surface area contributed by atoms with E-state index in [2.05, 4.69) is 37.2 Å². The molecule has 0 fully saturated rings. The summed E-state index contributed by atoms with van der Waals surface area (Å²) in [6, 6.07) is 15.6. The molecule has 0 aromatic heterocycles. The standard InChI is InChI=1S/C32H38O4/c1-4-5-6-11-24-34-30-20-16-28(17-21-30)14-9-10-15-29-18-22-31(23-19-29)35-25-12-7-8-13-26-36-32(33)27(2)3/h16-23H,2,4-8,11-13,24-26H2,1,3H3. The van der Waals surface area contributed by atoms with Gasteiger partial charge in [-0.2, -0.15) is 0 Å². The highest BCUT2D eigenvalue weighted by atomic mass is 16.5. The fraction of sp³-hybridized carbons (Fsp3) is 0.406. The van der Waals surface area contributed by atoms with Crippen molar-refractivity contribution < 1.29 is 19.0 Å². The maximum absolute atomic E-state index is 11.3. The van der Waals surface area contributed by atoms with Crippen molar-refractivity contribution in [2.45, 2.75) is 65.2 Å². The minimum Gasteiger partial charge on any atom is -0.494 e. The van der Waals surface area contributed by atoms with Gasteiger partial charge in [-0.25, -0.2) is 4.79 Å². The molecule has 0 spiro atoms. The summed E-state index contributed by atoms with van der Waals surface area (Å²) in [6.45, 7) is 9.29. The monoisotopic (exact) mass is 486 g/mol. The van der Waals surface area contributed by atoms with E-state index in [1.54, 1.807) is 6.92 Å². The predicted octanol–water partition coefficient (Wildman–Crippen LogP) is 7.11. The van der Waals surface area contributed by atoms with Crippen LogP contribution in [0.25, 0.3) is 0 Å². The molecule has 0 aliphatic rings. The van der Waals surface area contributed by atoms with Crippen LogP contribution in [0, 0.1) is 23.7 Å². The van der Waals surface area contributed by atoms with Crippen LogP contribution < -0.4 is 9.47 Å². The molecule has 0 heterocycles. The smallest absolute Gasteiger partial charge is 0.333 e. The maximum Gasteiger partial charge on any atom is 0.333 e. The van der Waals surface area contributed by atoms with Gasteiger partial charge in [0.2, 0.25) is 0 Å². The van der Waals surface area contributed by atoms with Gasteiger partial charge in [-0.15, -0.1) is 0 Å². The molecule has 36 heavy (non-hydrogen) atoms. The van der Waals surface area contributed by atoms with E-state index in [1.165, 1.54) is 19.3 Å². The number of unbranched alkanes of at least 4 members (excludes halogenated alkanes) is 6. The van der Waals surface area contributed by atoms with Crippen LogP contribution in [0.2, 0.25) is 0 Å².